The van der Waals surface area contributed by atoms with Crippen LogP contribution in [0.25, 0.3) is 0 Å². The average molecular weight is 377 g/mol. The van der Waals surface area contributed by atoms with Crippen molar-refractivity contribution in [3.8, 4) is 12.3 Å². The Kier molecular flexibility index (Phi) is 15.6. The number of rotatable bonds is 14. The first-order valence-electron chi connectivity index (χ1n) is 7.62. The standard InChI is InChI=1S/C16H28INO/c1-2-3-4-5-6-7-8-9-10-11-12-13-14-15-18(17)16-19/h1,16H,3-15H2. The molecule has 0 unspecified atom stereocenters. The summed E-state index contributed by atoms with van der Waals surface area (Å²) in [6.45, 7) is 0.891. The Morgan fingerprint density at radius 1 is 0.842 bits per heavy atom. The Morgan fingerprint density at radius 2 is 1.26 bits per heavy atom. The summed E-state index contributed by atoms with van der Waals surface area (Å²) in [5.74, 6) is 2.69. The van der Waals surface area contributed by atoms with Gasteiger partial charge in [0.25, 0.3) is 0 Å². The molecule has 0 aliphatic heterocycles. The van der Waals surface area contributed by atoms with Gasteiger partial charge in [0.1, 0.15) is 0 Å². The third kappa shape index (κ3) is 15.7. The van der Waals surface area contributed by atoms with Crippen molar-refractivity contribution in [3.05, 3.63) is 0 Å². The van der Waals surface area contributed by atoms with Crippen LogP contribution in [-0.2, 0) is 4.79 Å². The van der Waals surface area contributed by atoms with Crippen LogP contribution in [0.5, 0.6) is 0 Å². The molecule has 19 heavy (non-hydrogen) atoms. The molecule has 0 atom stereocenters. The first kappa shape index (κ1) is 18.8. The van der Waals surface area contributed by atoms with Crippen LogP contribution in [0.1, 0.15) is 77.0 Å². The minimum atomic E-state index is 0.891. The number of carbonyl (C=O) groups excluding carboxylic acids is 1. The second-order valence-electron chi connectivity index (χ2n) is 5.07. The molecule has 0 heterocycles. The molecule has 1 amide bonds. The highest BCUT2D eigenvalue weighted by molar-refractivity contribution is 14.1. The summed E-state index contributed by atoms with van der Waals surface area (Å²) in [6.07, 6.45) is 21.4. The van der Waals surface area contributed by atoms with Crippen LogP contribution in [0.4, 0.5) is 0 Å². The minimum absolute atomic E-state index is 0.891. The zero-order valence-corrected chi connectivity index (χ0v) is 14.2. The first-order chi connectivity index (χ1) is 9.31. The molecule has 3 heteroatoms. The maximum absolute atomic E-state index is 10.4. The monoisotopic (exact) mass is 377 g/mol. The van der Waals surface area contributed by atoms with Crippen molar-refractivity contribution >= 4 is 29.3 Å². The molecule has 0 aliphatic carbocycles. The zero-order chi connectivity index (χ0) is 14.2. The lowest BCUT2D eigenvalue weighted by atomic mass is 10.1. The van der Waals surface area contributed by atoms with Crippen molar-refractivity contribution in [2.24, 2.45) is 0 Å². The molecule has 110 valence electrons. The van der Waals surface area contributed by atoms with Gasteiger partial charge in [0.05, 0.1) is 22.9 Å². The van der Waals surface area contributed by atoms with E-state index in [1.54, 1.807) is 3.11 Å². The van der Waals surface area contributed by atoms with Gasteiger partial charge in [0.2, 0.25) is 6.41 Å². The van der Waals surface area contributed by atoms with Crippen molar-refractivity contribution in [1.82, 2.24) is 3.11 Å². The van der Waals surface area contributed by atoms with Crippen LogP contribution < -0.4 is 0 Å². The molecule has 0 aliphatic rings. The summed E-state index contributed by atoms with van der Waals surface area (Å²) in [7, 11) is 0. The summed E-state index contributed by atoms with van der Waals surface area (Å²) in [6, 6.07) is 0. The van der Waals surface area contributed by atoms with Gasteiger partial charge in [-0.25, -0.2) is 0 Å². The summed E-state index contributed by atoms with van der Waals surface area (Å²) < 4.78 is 1.69. The fourth-order valence-electron chi connectivity index (χ4n) is 2.13. The van der Waals surface area contributed by atoms with E-state index in [4.69, 9.17) is 6.42 Å². The van der Waals surface area contributed by atoms with Crippen molar-refractivity contribution in [2.75, 3.05) is 6.54 Å². The maximum Gasteiger partial charge on any atom is 0.218 e. The number of unbranched alkanes of at least 4 members (excludes halogenated alkanes) is 11. The predicted molar refractivity (Wildman–Crippen MR) is 91.0 cm³/mol. The Labute approximate surface area is 133 Å². The van der Waals surface area contributed by atoms with Crippen LogP contribution in [0.3, 0.4) is 0 Å². The Balaban J connectivity index is 2.99. The molecule has 0 radical (unpaired) electrons. The Morgan fingerprint density at radius 3 is 1.68 bits per heavy atom. The molecule has 2 nitrogen and oxygen atoms in total. The SMILES string of the molecule is C#CCCCCCCCCCCCCCN(I)C=O. The highest BCUT2D eigenvalue weighted by atomic mass is 127. The third-order valence-electron chi connectivity index (χ3n) is 3.31. The zero-order valence-electron chi connectivity index (χ0n) is 12.1. The molecule has 0 fully saturated rings. The highest BCUT2D eigenvalue weighted by Gasteiger charge is 1.96. The van der Waals surface area contributed by atoms with Crippen LogP contribution in [0, 0.1) is 12.3 Å². The number of hydrogen-bond donors (Lipinski definition) is 0. The van der Waals surface area contributed by atoms with Gasteiger partial charge in [-0.05, 0) is 12.8 Å². The molecule has 0 aromatic heterocycles. The smallest absolute Gasteiger partial charge is 0.218 e. The normalized spacial score (nSPS) is 10.1. The molecule has 0 rings (SSSR count). The van der Waals surface area contributed by atoms with Gasteiger partial charge in [-0.3, -0.25) is 7.91 Å². The van der Waals surface area contributed by atoms with E-state index in [2.05, 4.69) is 28.8 Å². The van der Waals surface area contributed by atoms with Gasteiger partial charge in [0, 0.05) is 13.0 Å². The summed E-state index contributed by atoms with van der Waals surface area (Å²) >= 11 is 2.06. The van der Waals surface area contributed by atoms with E-state index in [0.717, 1.165) is 25.8 Å². The van der Waals surface area contributed by atoms with Gasteiger partial charge in [-0.15, -0.1) is 12.3 Å². The Bertz CT molecular complexity index is 237. The molecular formula is C16H28INO. The van der Waals surface area contributed by atoms with Gasteiger partial charge < -0.3 is 0 Å². The van der Waals surface area contributed by atoms with E-state index in [-0.39, 0.29) is 0 Å². The summed E-state index contributed by atoms with van der Waals surface area (Å²) in [5, 5.41) is 0. The van der Waals surface area contributed by atoms with E-state index in [0.29, 0.717) is 0 Å². The topological polar surface area (TPSA) is 20.3 Å². The average Bonchev–Trinajstić information content (AvgIpc) is 2.43. The van der Waals surface area contributed by atoms with Gasteiger partial charge in [-0.2, -0.15) is 0 Å². The number of carbonyl (C=O) groups is 1. The molecule has 0 aromatic carbocycles. The maximum atomic E-state index is 10.4. The number of hydrogen-bond acceptors (Lipinski definition) is 1. The van der Waals surface area contributed by atoms with E-state index in [1.807, 2.05) is 0 Å². The molecule has 0 aromatic rings. The number of terminal acetylenes is 1. The third-order valence-corrected chi connectivity index (χ3v) is 4.02. The second kappa shape index (κ2) is 15.8. The van der Waals surface area contributed by atoms with E-state index < -0.39 is 0 Å². The van der Waals surface area contributed by atoms with E-state index >= 15 is 0 Å². The Hall–Kier alpha value is -0.240. The lowest BCUT2D eigenvalue weighted by Crippen LogP contribution is -2.09. The molecular weight excluding hydrogens is 349 g/mol. The van der Waals surface area contributed by atoms with Crippen LogP contribution in [-0.4, -0.2) is 16.1 Å². The quantitative estimate of drug-likeness (QED) is 0.135. The number of amides is 1. The first-order valence-corrected chi connectivity index (χ1v) is 8.59. The highest BCUT2D eigenvalue weighted by Crippen LogP contribution is 2.12. The van der Waals surface area contributed by atoms with Crippen LogP contribution in [0.15, 0.2) is 0 Å². The molecule has 0 saturated heterocycles. The van der Waals surface area contributed by atoms with Gasteiger partial charge in [-0.1, -0.05) is 57.8 Å². The minimum Gasteiger partial charge on any atom is -0.288 e. The van der Waals surface area contributed by atoms with Crippen molar-refractivity contribution in [2.45, 2.75) is 77.0 Å². The number of nitrogens with zero attached hydrogens (tertiary/aromatic N) is 1. The van der Waals surface area contributed by atoms with Crippen molar-refractivity contribution in [1.29, 1.82) is 0 Å². The fourth-order valence-corrected chi connectivity index (χ4v) is 2.47. The summed E-state index contributed by atoms with van der Waals surface area (Å²) in [5.41, 5.74) is 0. The molecule has 0 saturated carbocycles. The van der Waals surface area contributed by atoms with Crippen molar-refractivity contribution < 1.29 is 4.79 Å². The van der Waals surface area contributed by atoms with E-state index in [1.165, 1.54) is 64.2 Å². The predicted octanol–water partition coefficient (Wildman–Crippen LogP) is 5.11. The van der Waals surface area contributed by atoms with Crippen LogP contribution >= 0.6 is 22.9 Å². The molecule has 0 N–H and O–H groups in total. The lowest BCUT2D eigenvalue weighted by molar-refractivity contribution is -0.113. The van der Waals surface area contributed by atoms with Crippen LogP contribution in [0.2, 0.25) is 0 Å². The fraction of sp³-hybridized carbons (Fsp3) is 0.812. The van der Waals surface area contributed by atoms with Crippen molar-refractivity contribution in [3.63, 3.8) is 0 Å². The van der Waals surface area contributed by atoms with Gasteiger partial charge >= 0.3 is 0 Å². The second-order valence-corrected chi connectivity index (χ2v) is 6.31. The van der Waals surface area contributed by atoms with Gasteiger partial charge in [0.15, 0.2) is 0 Å². The lowest BCUT2D eigenvalue weighted by Gasteiger charge is -2.07. The largest absolute Gasteiger partial charge is 0.288 e. The molecule has 0 spiro atoms. The summed E-state index contributed by atoms with van der Waals surface area (Å²) in [4.78, 5) is 10.4. The molecule has 0 bridgehead atoms. The number of halogens is 1. The van der Waals surface area contributed by atoms with E-state index in [9.17, 15) is 4.79 Å².